The van der Waals surface area contributed by atoms with Gasteiger partial charge in [0, 0.05) is 88.0 Å². The van der Waals surface area contributed by atoms with Crippen LogP contribution < -0.4 is 4.90 Å². The van der Waals surface area contributed by atoms with Crippen molar-refractivity contribution in [1.29, 1.82) is 0 Å². The molecule has 0 bridgehead atoms. The van der Waals surface area contributed by atoms with Gasteiger partial charge in [-0.1, -0.05) is 142 Å². The highest BCUT2D eigenvalue weighted by atomic mass is 32.1. The number of thiophene rings is 1. The molecule has 0 N–H and O–H groups in total. The highest BCUT2D eigenvalue weighted by Gasteiger charge is 2.38. The van der Waals surface area contributed by atoms with E-state index in [1.807, 2.05) is 11.3 Å². The maximum absolute atomic E-state index is 6.60. The third-order valence-electron chi connectivity index (χ3n) is 14.1. The number of fused-ring (bicyclic) bond motifs is 13. The number of para-hydroxylation sites is 2. The van der Waals surface area contributed by atoms with E-state index >= 15 is 0 Å². The third-order valence-corrected chi connectivity index (χ3v) is 15.3. The summed E-state index contributed by atoms with van der Waals surface area (Å²) in [6.07, 6.45) is 11.0. The van der Waals surface area contributed by atoms with Gasteiger partial charge in [-0.3, -0.25) is 0 Å². The van der Waals surface area contributed by atoms with Crippen molar-refractivity contribution in [3.8, 4) is 22.3 Å². The molecule has 0 radical (unpaired) electrons. The molecule has 4 heteroatoms. The van der Waals surface area contributed by atoms with Crippen LogP contribution in [0.15, 0.2) is 167 Å². The van der Waals surface area contributed by atoms with Gasteiger partial charge < -0.3 is 13.7 Å². The molecule has 3 aliphatic carbocycles. The van der Waals surface area contributed by atoms with Gasteiger partial charge in [-0.2, -0.15) is 0 Å². The maximum Gasteiger partial charge on any atom is 0.142 e. The van der Waals surface area contributed by atoms with Crippen molar-refractivity contribution in [3.05, 3.63) is 197 Å². The van der Waals surface area contributed by atoms with Crippen molar-refractivity contribution < 1.29 is 8.83 Å². The van der Waals surface area contributed by atoms with Crippen molar-refractivity contribution in [2.45, 2.75) is 44.9 Å². The Kier molecular flexibility index (Phi) is 7.69. The van der Waals surface area contributed by atoms with E-state index in [1.165, 1.54) is 69.9 Å². The molecule has 10 aromatic rings. The molecule has 0 spiro atoms. The SMILES string of the molecule is CC1C=Cc2c(oc3ccccc23)C1c1ccc(N(c2ccc(-c3cccc4c5c(oc34)CCC=C5)cc2)c2ccc3c(c2)C(C)(C)c2ccc4c(sc5ccccc54)c2-3)cc1. The number of nitrogens with zero attached hydrogens (tertiary/aromatic N) is 1. The van der Waals surface area contributed by atoms with Gasteiger partial charge in [-0.25, -0.2) is 0 Å². The van der Waals surface area contributed by atoms with Crippen LogP contribution >= 0.6 is 11.3 Å². The van der Waals surface area contributed by atoms with E-state index in [-0.39, 0.29) is 11.3 Å². The zero-order chi connectivity index (χ0) is 41.3. The monoisotopic (exact) mass is 817 g/mol. The molecular formula is C58H43NO2S. The van der Waals surface area contributed by atoms with Gasteiger partial charge in [0.1, 0.15) is 22.7 Å². The zero-order valence-corrected chi connectivity index (χ0v) is 35.7. The molecule has 62 heavy (non-hydrogen) atoms. The Bertz CT molecular complexity index is 3520. The average molecular weight is 818 g/mol. The average Bonchev–Trinajstić information content (AvgIpc) is 4.05. The summed E-state index contributed by atoms with van der Waals surface area (Å²) < 4.78 is 15.9. The molecule has 0 amide bonds. The molecule has 0 saturated heterocycles. The predicted molar refractivity (Wildman–Crippen MR) is 260 cm³/mol. The van der Waals surface area contributed by atoms with Gasteiger partial charge >= 0.3 is 0 Å². The number of hydrogen-bond acceptors (Lipinski definition) is 4. The minimum atomic E-state index is -0.171. The quantitative estimate of drug-likeness (QED) is 0.173. The van der Waals surface area contributed by atoms with Gasteiger partial charge in [-0.05, 0) is 88.7 Å². The van der Waals surface area contributed by atoms with Crippen LogP contribution in [0.25, 0.3) is 76.5 Å². The van der Waals surface area contributed by atoms with E-state index in [1.54, 1.807) is 0 Å². The minimum Gasteiger partial charge on any atom is -0.460 e. The molecule has 2 atom stereocenters. The van der Waals surface area contributed by atoms with Crippen LogP contribution in [0.1, 0.15) is 72.4 Å². The zero-order valence-electron chi connectivity index (χ0n) is 34.9. The molecule has 2 unspecified atom stereocenters. The summed E-state index contributed by atoms with van der Waals surface area (Å²) in [6.45, 7) is 7.08. The van der Waals surface area contributed by atoms with E-state index in [4.69, 9.17) is 8.83 Å². The number of benzene rings is 7. The summed E-state index contributed by atoms with van der Waals surface area (Å²) in [5, 5.41) is 5.05. The second-order valence-corrected chi connectivity index (χ2v) is 19.0. The molecule has 0 saturated carbocycles. The molecular weight excluding hydrogens is 775 g/mol. The number of aryl methyl sites for hydroxylation is 1. The fourth-order valence-electron chi connectivity index (χ4n) is 10.9. The van der Waals surface area contributed by atoms with E-state index in [0.717, 1.165) is 63.7 Å². The molecule has 3 aromatic heterocycles. The van der Waals surface area contributed by atoms with Gasteiger partial charge in [0.2, 0.25) is 0 Å². The van der Waals surface area contributed by atoms with Gasteiger partial charge in [0.05, 0.1) is 0 Å². The van der Waals surface area contributed by atoms with Crippen molar-refractivity contribution in [2.75, 3.05) is 4.90 Å². The Morgan fingerprint density at radius 3 is 2.24 bits per heavy atom. The second kappa shape index (κ2) is 13.3. The summed E-state index contributed by atoms with van der Waals surface area (Å²) in [4.78, 5) is 2.43. The molecule has 298 valence electrons. The first-order valence-electron chi connectivity index (χ1n) is 21.9. The van der Waals surface area contributed by atoms with Gasteiger partial charge in [0.25, 0.3) is 0 Å². The molecule has 3 nitrogen and oxygen atoms in total. The summed E-state index contributed by atoms with van der Waals surface area (Å²) in [7, 11) is 0. The van der Waals surface area contributed by atoms with Crippen LogP contribution in [-0.2, 0) is 11.8 Å². The van der Waals surface area contributed by atoms with Crippen LogP contribution in [-0.4, -0.2) is 0 Å². The molecule has 3 heterocycles. The van der Waals surface area contributed by atoms with Crippen molar-refractivity contribution in [1.82, 2.24) is 0 Å². The van der Waals surface area contributed by atoms with Gasteiger partial charge in [-0.15, -0.1) is 11.3 Å². The Labute approximate surface area is 364 Å². The fourth-order valence-corrected chi connectivity index (χ4v) is 12.2. The molecule has 0 fully saturated rings. The Morgan fingerprint density at radius 1 is 0.629 bits per heavy atom. The highest BCUT2D eigenvalue weighted by Crippen LogP contribution is 2.55. The van der Waals surface area contributed by atoms with Crippen molar-refractivity contribution in [2.24, 2.45) is 5.92 Å². The lowest BCUT2D eigenvalue weighted by Crippen LogP contribution is -2.17. The first-order valence-corrected chi connectivity index (χ1v) is 22.7. The number of furan rings is 2. The van der Waals surface area contributed by atoms with Crippen molar-refractivity contribution >= 4 is 82.7 Å². The highest BCUT2D eigenvalue weighted by molar-refractivity contribution is 7.26. The standard InChI is InChI=1S/C58H43NO2S/c1-34-19-29-45-42-12-5-8-17-51(42)61-56(45)53(34)36-22-26-38(27-23-36)59(37-24-20-35(21-25-37)40-14-10-15-44-41-11-4-7-16-50(41)60-55(40)44)39-28-30-47-49(33-39)58(2,3)48-32-31-46-43-13-6-9-18-52(43)62-57(46)54(47)48/h4-6,8-15,17-34,53H,7,16H2,1-3H3. The van der Waals surface area contributed by atoms with E-state index in [0.29, 0.717) is 5.92 Å². The lowest BCUT2D eigenvalue weighted by molar-refractivity contribution is 0.469. The first-order chi connectivity index (χ1) is 30.4. The van der Waals surface area contributed by atoms with E-state index in [9.17, 15) is 0 Å². The van der Waals surface area contributed by atoms with Crippen LogP contribution in [0.3, 0.4) is 0 Å². The van der Waals surface area contributed by atoms with Crippen LogP contribution in [0, 0.1) is 5.92 Å². The summed E-state index contributed by atoms with van der Waals surface area (Å²) >= 11 is 1.92. The lowest BCUT2D eigenvalue weighted by atomic mass is 9.80. The van der Waals surface area contributed by atoms with E-state index < -0.39 is 0 Å². The number of rotatable bonds is 5. The predicted octanol–water partition coefficient (Wildman–Crippen LogP) is 16.7. The Hall–Kier alpha value is -6.88. The van der Waals surface area contributed by atoms with Gasteiger partial charge in [0.15, 0.2) is 0 Å². The molecule has 7 aromatic carbocycles. The first kappa shape index (κ1) is 35.8. The second-order valence-electron chi connectivity index (χ2n) is 17.9. The van der Waals surface area contributed by atoms with Crippen LogP contribution in [0.5, 0.6) is 0 Å². The third kappa shape index (κ3) is 5.17. The molecule has 13 rings (SSSR count). The lowest BCUT2D eigenvalue weighted by Gasteiger charge is -2.29. The van der Waals surface area contributed by atoms with Crippen LogP contribution in [0.4, 0.5) is 17.1 Å². The number of allylic oxidation sites excluding steroid dienone is 2. The largest absolute Gasteiger partial charge is 0.460 e. The normalized spacial score (nSPS) is 17.1. The summed E-state index contributed by atoms with van der Waals surface area (Å²) in [6, 6.07) is 53.9. The topological polar surface area (TPSA) is 29.5 Å². The smallest absolute Gasteiger partial charge is 0.142 e. The van der Waals surface area contributed by atoms with Crippen molar-refractivity contribution in [3.63, 3.8) is 0 Å². The number of hydrogen-bond donors (Lipinski definition) is 0. The summed E-state index contributed by atoms with van der Waals surface area (Å²) in [5.41, 5.74) is 16.5. The molecule has 0 aliphatic heterocycles. The fraction of sp³-hybridized carbons (Fsp3) is 0.138. The Balaban J connectivity index is 0.940. The maximum atomic E-state index is 6.60. The molecule has 3 aliphatic rings. The Morgan fingerprint density at radius 2 is 1.39 bits per heavy atom. The minimum absolute atomic E-state index is 0.125. The van der Waals surface area contributed by atoms with Crippen LogP contribution in [0.2, 0.25) is 0 Å². The summed E-state index contributed by atoms with van der Waals surface area (Å²) in [5.74, 6) is 2.56. The van der Waals surface area contributed by atoms with E-state index in [2.05, 4.69) is 196 Å². The number of anilines is 3.